The van der Waals surface area contributed by atoms with Crippen LogP contribution in [0.3, 0.4) is 0 Å². The number of likely N-dealkylation sites (tertiary alicyclic amines) is 2. The first-order chi connectivity index (χ1) is 32.3. The van der Waals surface area contributed by atoms with Gasteiger partial charge in [-0.25, -0.2) is 14.8 Å². The van der Waals surface area contributed by atoms with E-state index in [0.29, 0.717) is 56.8 Å². The van der Waals surface area contributed by atoms with Crippen LogP contribution < -0.4 is 20.5 Å². The van der Waals surface area contributed by atoms with Crippen LogP contribution in [-0.2, 0) is 23.8 Å². The Bertz CT molecular complexity index is 2250. The van der Waals surface area contributed by atoms with Crippen molar-refractivity contribution in [3.05, 3.63) is 60.4 Å². The van der Waals surface area contributed by atoms with Crippen LogP contribution in [0.5, 0.6) is 11.5 Å². The first-order valence-corrected chi connectivity index (χ1v) is 24.1. The van der Waals surface area contributed by atoms with Gasteiger partial charge in [0.25, 0.3) is 0 Å². The van der Waals surface area contributed by atoms with Crippen LogP contribution in [0.2, 0.25) is 0 Å². The summed E-state index contributed by atoms with van der Waals surface area (Å²) in [6, 6.07) is 10.6. The number of imidazole rings is 2. The summed E-state index contributed by atoms with van der Waals surface area (Å²) in [6.07, 6.45) is 16.9. The molecule has 2 aromatic carbocycles. The van der Waals surface area contributed by atoms with Gasteiger partial charge in [0.1, 0.15) is 42.4 Å². The number of H-pyrrole nitrogens is 2. The molecule has 2 aliphatic carbocycles. The Morgan fingerprint density at radius 1 is 0.652 bits per heavy atom. The van der Waals surface area contributed by atoms with Gasteiger partial charge in [0, 0.05) is 49.6 Å². The molecule has 0 unspecified atom stereocenters. The summed E-state index contributed by atoms with van der Waals surface area (Å²) >= 11 is 0. The van der Waals surface area contributed by atoms with Gasteiger partial charge in [-0.3, -0.25) is 9.59 Å². The number of rotatable bonds is 18. The molecule has 2 saturated heterocycles. The van der Waals surface area contributed by atoms with E-state index >= 15 is 0 Å². The number of nitrogens with one attached hydrogen (secondary N) is 3. The number of hydrogen-bond acceptors (Lipinski definition) is 11. The molecule has 4 fully saturated rings. The van der Waals surface area contributed by atoms with Crippen molar-refractivity contribution in [1.82, 2.24) is 35.1 Å². The molecule has 16 heteroatoms. The zero-order valence-corrected chi connectivity index (χ0v) is 38.9. The van der Waals surface area contributed by atoms with Crippen molar-refractivity contribution in [1.29, 1.82) is 0 Å². The van der Waals surface area contributed by atoms with E-state index in [-0.39, 0.29) is 35.7 Å². The number of alkyl carbamates (subject to hydrolysis) is 1. The molecule has 0 bridgehead atoms. The molecular weight excluding hydrogens is 841 g/mol. The molecule has 16 nitrogen and oxygen atoms in total. The molecule has 2 aromatic heterocycles. The third-order valence-corrected chi connectivity index (χ3v) is 14.1. The monoisotopic (exact) mass is 909 g/mol. The van der Waals surface area contributed by atoms with Crippen molar-refractivity contribution in [2.45, 2.75) is 114 Å². The molecule has 356 valence electrons. The van der Waals surface area contributed by atoms with Gasteiger partial charge in [0.2, 0.25) is 11.8 Å². The number of carbonyl (C=O) groups excluding carboxylic acids is 3. The molecule has 3 amide bonds. The highest BCUT2D eigenvalue weighted by atomic mass is 16.5. The third kappa shape index (κ3) is 10.7. The van der Waals surface area contributed by atoms with Crippen LogP contribution in [0.25, 0.3) is 33.6 Å². The molecule has 66 heavy (non-hydrogen) atoms. The molecule has 4 aliphatic rings. The average Bonchev–Trinajstić information content (AvgIpc) is 4.21. The van der Waals surface area contributed by atoms with Crippen LogP contribution >= 0.6 is 0 Å². The lowest BCUT2D eigenvalue weighted by Gasteiger charge is -2.34. The molecule has 0 radical (unpaired) electrons. The molecule has 4 heterocycles. The van der Waals surface area contributed by atoms with Crippen molar-refractivity contribution in [2.24, 2.45) is 17.6 Å². The van der Waals surface area contributed by atoms with Gasteiger partial charge < -0.3 is 54.5 Å². The Kier molecular flexibility index (Phi) is 15.9. The lowest BCUT2D eigenvalue weighted by molar-refractivity contribution is -0.136. The average molecular weight is 909 g/mol. The van der Waals surface area contributed by atoms with Gasteiger partial charge in [-0.2, -0.15) is 0 Å². The summed E-state index contributed by atoms with van der Waals surface area (Å²) in [6.45, 7) is 2.71. The van der Waals surface area contributed by atoms with Crippen LogP contribution in [0.4, 0.5) is 4.79 Å². The standard InChI is InChI=1S/C50H68N8O8/c1-62-24-26-65-42-28-34(38-30-52-46(54-38)40-16-10-22-57(40)48(59)44(51)32-12-6-4-7-13-32)18-20-36(42)37-21-19-35(29-43(37)66-27-25-63-2)39-31-53-47(55-39)41-17-11-23-58(41)49(60)45(56-50(61)64-3)33-14-8-5-9-15-33/h18-21,28-33,40-41,44-45H,4-17,22-27,51H2,1-3H3,(H,52,54)(H,53,55)(H,56,61)/t40-,41-,44-,45-/m0/s1. The summed E-state index contributed by atoms with van der Waals surface area (Å²) in [4.78, 5) is 60.9. The number of aromatic amines is 2. The second-order valence-corrected chi connectivity index (χ2v) is 18.3. The smallest absolute Gasteiger partial charge is 0.407 e. The molecule has 2 aliphatic heterocycles. The molecule has 4 aromatic rings. The van der Waals surface area contributed by atoms with Gasteiger partial charge in [-0.05, 0) is 87.5 Å². The summed E-state index contributed by atoms with van der Waals surface area (Å²) in [5.41, 5.74) is 11.6. The van der Waals surface area contributed by atoms with E-state index in [1.54, 1.807) is 20.4 Å². The van der Waals surface area contributed by atoms with E-state index < -0.39 is 18.2 Å². The predicted octanol–water partition coefficient (Wildman–Crippen LogP) is 7.72. The van der Waals surface area contributed by atoms with Crippen LogP contribution in [-0.4, -0.2) is 121 Å². The number of methoxy groups -OCH3 is 3. The summed E-state index contributed by atoms with van der Waals surface area (Å²) in [5, 5.41) is 2.88. The summed E-state index contributed by atoms with van der Waals surface area (Å²) in [5.74, 6) is 2.98. The Morgan fingerprint density at radius 3 is 1.62 bits per heavy atom. The second kappa shape index (κ2) is 22.4. The number of nitrogens with two attached hydrogens (primary N) is 1. The number of nitrogens with zero attached hydrogens (tertiary/aromatic N) is 4. The topological polar surface area (TPSA) is 199 Å². The minimum Gasteiger partial charge on any atom is -0.491 e. The highest BCUT2D eigenvalue weighted by Crippen LogP contribution is 2.42. The third-order valence-electron chi connectivity index (χ3n) is 14.1. The lowest BCUT2D eigenvalue weighted by Crippen LogP contribution is -2.52. The van der Waals surface area contributed by atoms with Gasteiger partial charge >= 0.3 is 6.09 Å². The van der Waals surface area contributed by atoms with E-state index in [1.807, 2.05) is 52.4 Å². The number of hydrogen-bond donors (Lipinski definition) is 4. The van der Waals surface area contributed by atoms with Crippen molar-refractivity contribution in [3.63, 3.8) is 0 Å². The van der Waals surface area contributed by atoms with Crippen molar-refractivity contribution in [2.75, 3.05) is 60.8 Å². The van der Waals surface area contributed by atoms with Crippen molar-refractivity contribution >= 4 is 17.9 Å². The van der Waals surface area contributed by atoms with Crippen LogP contribution in [0, 0.1) is 11.8 Å². The number of benzene rings is 2. The van der Waals surface area contributed by atoms with E-state index in [4.69, 9.17) is 39.4 Å². The first kappa shape index (κ1) is 47.1. The fourth-order valence-corrected chi connectivity index (χ4v) is 10.6. The van der Waals surface area contributed by atoms with E-state index in [1.165, 1.54) is 13.5 Å². The lowest BCUT2D eigenvalue weighted by atomic mass is 9.83. The Hall–Kier alpha value is -5.45. The van der Waals surface area contributed by atoms with Crippen molar-refractivity contribution < 1.29 is 38.1 Å². The van der Waals surface area contributed by atoms with E-state index in [2.05, 4.69) is 15.3 Å². The zero-order chi connectivity index (χ0) is 46.0. The highest BCUT2D eigenvalue weighted by molar-refractivity contribution is 5.87. The fraction of sp³-hybridized carbons (Fsp3) is 0.580. The first-order valence-electron chi connectivity index (χ1n) is 24.1. The quantitative estimate of drug-likeness (QED) is 0.0713. The maximum absolute atomic E-state index is 14.2. The Balaban J connectivity index is 1.04. The Morgan fingerprint density at radius 2 is 1.14 bits per heavy atom. The summed E-state index contributed by atoms with van der Waals surface area (Å²) < 4.78 is 28.5. The predicted molar refractivity (Wildman–Crippen MR) is 250 cm³/mol. The maximum atomic E-state index is 14.2. The zero-order valence-electron chi connectivity index (χ0n) is 38.9. The molecule has 8 rings (SSSR count). The minimum atomic E-state index is -0.642. The van der Waals surface area contributed by atoms with E-state index in [0.717, 1.165) is 123 Å². The van der Waals surface area contributed by atoms with Crippen LogP contribution in [0.1, 0.15) is 114 Å². The minimum absolute atomic E-state index is 0.0320. The SMILES string of the molecule is COCCOc1cc(-c2cnc([C@@H]3CCCN3C(=O)[C@@H](N)C3CCCCC3)[nH]2)ccc1-c1ccc(-c2cnc([C@@H]3CCCN3C(=O)[C@@H](NC(=O)OC)C3CCCCC3)[nH]2)cc1OCCOC. The highest BCUT2D eigenvalue weighted by Gasteiger charge is 2.40. The number of amides is 3. The molecule has 4 atom stereocenters. The maximum Gasteiger partial charge on any atom is 0.407 e. The van der Waals surface area contributed by atoms with Gasteiger partial charge in [0.05, 0.1) is 62.2 Å². The molecule has 5 N–H and O–H groups in total. The molecule has 0 spiro atoms. The van der Waals surface area contributed by atoms with Crippen molar-refractivity contribution in [3.8, 4) is 45.1 Å². The Labute approximate surface area is 388 Å². The number of ether oxygens (including phenoxy) is 5. The fourth-order valence-electron chi connectivity index (χ4n) is 10.6. The van der Waals surface area contributed by atoms with Crippen LogP contribution in [0.15, 0.2) is 48.8 Å². The number of aromatic nitrogens is 4. The molecular formula is C50H68N8O8. The number of carbonyl (C=O) groups is 3. The second-order valence-electron chi connectivity index (χ2n) is 18.3. The van der Waals surface area contributed by atoms with Gasteiger partial charge in [-0.1, -0.05) is 50.7 Å². The van der Waals surface area contributed by atoms with Gasteiger partial charge in [-0.15, -0.1) is 0 Å². The normalized spacial score (nSPS) is 20.3. The molecule has 2 saturated carbocycles. The van der Waals surface area contributed by atoms with Gasteiger partial charge in [0.15, 0.2) is 0 Å². The van der Waals surface area contributed by atoms with E-state index in [9.17, 15) is 14.4 Å². The largest absolute Gasteiger partial charge is 0.491 e. The summed E-state index contributed by atoms with van der Waals surface area (Å²) in [7, 11) is 4.61.